The van der Waals surface area contributed by atoms with Crippen LogP contribution in [0.4, 0.5) is 5.69 Å². The molecule has 1 aliphatic heterocycles. The van der Waals surface area contributed by atoms with Crippen molar-refractivity contribution >= 4 is 21.6 Å². The molecule has 1 saturated heterocycles. The molecule has 1 fully saturated rings. The molecule has 8 nitrogen and oxygen atoms in total. The largest absolute Gasteiger partial charge is 0.495 e. The van der Waals surface area contributed by atoms with Gasteiger partial charge in [-0.3, -0.25) is 4.79 Å². The van der Waals surface area contributed by atoms with Crippen LogP contribution in [0.5, 0.6) is 11.5 Å². The number of ether oxygens (including phenoxy) is 3. The van der Waals surface area contributed by atoms with E-state index in [0.717, 1.165) is 5.56 Å². The van der Waals surface area contributed by atoms with Crippen LogP contribution in [0.25, 0.3) is 0 Å². The van der Waals surface area contributed by atoms with Crippen LogP contribution in [0.3, 0.4) is 0 Å². The molecule has 1 amide bonds. The second-order valence-electron chi connectivity index (χ2n) is 6.94. The highest BCUT2D eigenvalue weighted by Crippen LogP contribution is 2.29. The number of nitrogens with zero attached hydrogens (tertiary/aromatic N) is 1. The number of aryl methyl sites for hydroxylation is 1. The summed E-state index contributed by atoms with van der Waals surface area (Å²) in [4.78, 5) is 12.7. The highest BCUT2D eigenvalue weighted by molar-refractivity contribution is 7.89. The van der Waals surface area contributed by atoms with E-state index in [0.29, 0.717) is 24.7 Å². The molecule has 0 aliphatic carbocycles. The van der Waals surface area contributed by atoms with Crippen LogP contribution in [0.15, 0.2) is 47.4 Å². The van der Waals surface area contributed by atoms with Crippen molar-refractivity contribution in [3.63, 3.8) is 0 Å². The van der Waals surface area contributed by atoms with Gasteiger partial charge < -0.3 is 19.5 Å². The maximum Gasteiger partial charge on any atom is 0.265 e. The van der Waals surface area contributed by atoms with Gasteiger partial charge in [0.15, 0.2) is 6.10 Å². The summed E-state index contributed by atoms with van der Waals surface area (Å²) in [6.45, 7) is 4.84. The molecule has 0 unspecified atom stereocenters. The Kier molecular flexibility index (Phi) is 6.96. The zero-order valence-electron chi connectivity index (χ0n) is 17.3. The van der Waals surface area contributed by atoms with E-state index in [1.54, 1.807) is 13.0 Å². The van der Waals surface area contributed by atoms with Gasteiger partial charge in [-0.2, -0.15) is 4.31 Å². The minimum absolute atomic E-state index is 0.0766. The zero-order valence-corrected chi connectivity index (χ0v) is 18.1. The number of carbonyl (C=O) groups is 1. The second-order valence-corrected chi connectivity index (χ2v) is 8.88. The Bertz CT molecular complexity index is 1000. The Hall–Kier alpha value is -2.62. The Morgan fingerprint density at radius 3 is 2.57 bits per heavy atom. The van der Waals surface area contributed by atoms with E-state index >= 15 is 0 Å². The van der Waals surface area contributed by atoms with Gasteiger partial charge in [0, 0.05) is 13.1 Å². The fourth-order valence-corrected chi connectivity index (χ4v) is 4.50. The number of nitrogens with one attached hydrogen (secondary N) is 1. The van der Waals surface area contributed by atoms with Gasteiger partial charge in [-0.15, -0.1) is 0 Å². The Labute approximate surface area is 176 Å². The number of carbonyl (C=O) groups excluding carboxylic acids is 1. The number of morpholine rings is 1. The minimum Gasteiger partial charge on any atom is -0.495 e. The van der Waals surface area contributed by atoms with Crippen molar-refractivity contribution in [2.24, 2.45) is 0 Å². The number of anilines is 1. The van der Waals surface area contributed by atoms with Crippen molar-refractivity contribution in [3.8, 4) is 11.5 Å². The number of methoxy groups -OCH3 is 1. The number of hydrogen-bond acceptors (Lipinski definition) is 6. The average Bonchev–Trinajstić information content (AvgIpc) is 2.74. The van der Waals surface area contributed by atoms with E-state index in [1.165, 1.54) is 29.6 Å². The highest BCUT2D eigenvalue weighted by atomic mass is 32.2. The van der Waals surface area contributed by atoms with Gasteiger partial charge in [-0.25, -0.2) is 8.42 Å². The molecule has 1 heterocycles. The van der Waals surface area contributed by atoms with Gasteiger partial charge in [0.1, 0.15) is 11.5 Å². The van der Waals surface area contributed by atoms with Crippen molar-refractivity contribution in [2.45, 2.75) is 24.8 Å². The summed E-state index contributed by atoms with van der Waals surface area (Å²) in [5.74, 6) is 0.510. The summed E-state index contributed by atoms with van der Waals surface area (Å²) >= 11 is 0. The molecule has 0 spiro atoms. The van der Waals surface area contributed by atoms with Crippen molar-refractivity contribution in [1.82, 2.24) is 4.31 Å². The third-order valence-electron chi connectivity index (χ3n) is 4.71. The fourth-order valence-electron chi connectivity index (χ4n) is 3.06. The molecule has 2 aromatic carbocycles. The molecule has 0 aromatic heterocycles. The molecular weight excluding hydrogens is 408 g/mol. The average molecular weight is 435 g/mol. The number of amides is 1. The summed E-state index contributed by atoms with van der Waals surface area (Å²) in [6.07, 6.45) is -0.795. The van der Waals surface area contributed by atoms with Crippen LogP contribution in [0, 0.1) is 6.92 Å². The molecule has 1 atom stereocenters. The first-order valence-corrected chi connectivity index (χ1v) is 11.1. The van der Waals surface area contributed by atoms with Crippen LogP contribution < -0.4 is 14.8 Å². The Morgan fingerprint density at radius 2 is 1.90 bits per heavy atom. The lowest BCUT2D eigenvalue weighted by Crippen LogP contribution is -2.40. The SMILES string of the molecule is COc1ccc(S(=O)(=O)N2CCOCC2)cc1NC(=O)[C@H](C)Oc1cccc(C)c1. The lowest BCUT2D eigenvalue weighted by molar-refractivity contribution is -0.122. The van der Waals surface area contributed by atoms with E-state index in [-0.39, 0.29) is 23.7 Å². The minimum atomic E-state index is -3.70. The Balaban J connectivity index is 1.78. The smallest absolute Gasteiger partial charge is 0.265 e. The van der Waals surface area contributed by atoms with Crippen molar-refractivity contribution in [1.29, 1.82) is 0 Å². The van der Waals surface area contributed by atoms with E-state index < -0.39 is 22.0 Å². The second kappa shape index (κ2) is 9.46. The number of benzene rings is 2. The molecule has 30 heavy (non-hydrogen) atoms. The number of sulfonamides is 1. The Morgan fingerprint density at radius 1 is 1.17 bits per heavy atom. The van der Waals surface area contributed by atoms with Gasteiger partial charge in [-0.05, 0) is 49.7 Å². The zero-order chi connectivity index (χ0) is 21.7. The number of hydrogen-bond donors (Lipinski definition) is 1. The lowest BCUT2D eigenvalue weighted by Gasteiger charge is -2.26. The van der Waals surface area contributed by atoms with Gasteiger partial charge in [0.2, 0.25) is 10.0 Å². The molecule has 9 heteroatoms. The summed E-state index contributed by atoms with van der Waals surface area (Å²) in [6, 6.07) is 11.8. The molecule has 1 N–H and O–H groups in total. The third-order valence-corrected chi connectivity index (χ3v) is 6.60. The summed E-state index contributed by atoms with van der Waals surface area (Å²) in [5.41, 5.74) is 1.28. The molecule has 1 aliphatic rings. The van der Waals surface area contributed by atoms with Crippen LogP contribution in [0.2, 0.25) is 0 Å². The van der Waals surface area contributed by atoms with Gasteiger partial charge in [-0.1, -0.05) is 12.1 Å². The van der Waals surface area contributed by atoms with Crippen LogP contribution in [0.1, 0.15) is 12.5 Å². The van der Waals surface area contributed by atoms with E-state index in [4.69, 9.17) is 14.2 Å². The molecule has 3 rings (SSSR count). The van der Waals surface area contributed by atoms with Crippen LogP contribution in [-0.4, -0.2) is 58.1 Å². The maximum absolute atomic E-state index is 12.9. The molecular formula is C21H26N2O6S. The normalized spacial score (nSPS) is 16.0. The van der Waals surface area contributed by atoms with E-state index in [2.05, 4.69) is 5.32 Å². The summed E-state index contributed by atoms with van der Waals surface area (Å²) in [5, 5.41) is 2.71. The molecule has 0 bridgehead atoms. The van der Waals surface area contributed by atoms with Gasteiger partial charge in [0.05, 0.1) is 30.9 Å². The first kappa shape index (κ1) is 22.1. The van der Waals surface area contributed by atoms with E-state index in [9.17, 15) is 13.2 Å². The summed E-state index contributed by atoms with van der Waals surface area (Å²) in [7, 11) is -2.25. The van der Waals surface area contributed by atoms with Gasteiger partial charge in [0.25, 0.3) is 5.91 Å². The van der Waals surface area contributed by atoms with E-state index in [1.807, 2.05) is 25.1 Å². The van der Waals surface area contributed by atoms with Crippen molar-refractivity contribution in [2.75, 3.05) is 38.7 Å². The third kappa shape index (κ3) is 5.10. The van der Waals surface area contributed by atoms with Crippen LogP contribution in [-0.2, 0) is 19.6 Å². The first-order valence-electron chi connectivity index (χ1n) is 9.61. The highest BCUT2D eigenvalue weighted by Gasteiger charge is 2.27. The standard InChI is InChI=1S/C21H26N2O6S/c1-15-5-4-6-17(13-15)29-16(2)21(24)22-19-14-18(7-8-20(19)27-3)30(25,26)23-9-11-28-12-10-23/h4-8,13-14,16H,9-12H2,1-3H3,(H,22,24)/t16-/m0/s1. The van der Waals surface area contributed by atoms with Crippen molar-refractivity contribution in [3.05, 3.63) is 48.0 Å². The molecule has 162 valence electrons. The van der Waals surface area contributed by atoms with Crippen LogP contribution >= 0.6 is 0 Å². The number of rotatable bonds is 7. The van der Waals surface area contributed by atoms with Gasteiger partial charge >= 0.3 is 0 Å². The monoisotopic (exact) mass is 434 g/mol. The maximum atomic E-state index is 12.9. The predicted molar refractivity (Wildman–Crippen MR) is 112 cm³/mol. The topological polar surface area (TPSA) is 94.2 Å². The predicted octanol–water partition coefficient (Wildman–Crippen LogP) is 2.43. The molecule has 2 aromatic rings. The molecule has 0 saturated carbocycles. The first-order chi connectivity index (χ1) is 14.3. The quantitative estimate of drug-likeness (QED) is 0.719. The van der Waals surface area contributed by atoms with Crippen molar-refractivity contribution < 1.29 is 27.4 Å². The molecule has 0 radical (unpaired) electrons. The lowest BCUT2D eigenvalue weighted by atomic mass is 10.2. The summed E-state index contributed by atoms with van der Waals surface area (Å²) < 4.78 is 43.4. The fraction of sp³-hybridized carbons (Fsp3) is 0.381.